The first-order valence-electron chi connectivity index (χ1n) is 5.00. The molecule has 0 aliphatic rings. The van der Waals surface area contributed by atoms with Gasteiger partial charge in [0.05, 0.1) is 19.3 Å². The van der Waals surface area contributed by atoms with Crippen molar-refractivity contribution >= 4 is 5.97 Å². The summed E-state index contributed by atoms with van der Waals surface area (Å²) < 4.78 is 10.1. The van der Waals surface area contributed by atoms with E-state index in [9.17, 15) is 4.79 Å². The molecule has 82 valence electrons. The van der Waals surface area contributed by atoms with Gasteiger partial charge in [0.15, 0.2) is 0 Å². The van der Waals surface area contributed by atoms with Gasteiger partial charge in [0.25, 0.3) is 0 Å². The molecular formula is C12H16O3. The van der Waals surface area contributed by atoms with Crippen LogP contribution in [0, 0.1) is 6.92 Å². The molecule has 0 aliphatic heterocycles. The Morgan fingerprint density at radius 1 is 1.40 bits per heavy atom. The van der Waals surface area contributed by atoms with Crippen LogP contribution in [0.5, 0.6) is 5.75 Å². The summed E-state index contributed by atoms with van der Waals surface area (Å²) in [5.41, 5.74) is 1.47. The van der Waals surface area contributed by atoms with Crippen LogP contribution < -0.4 is 4.74 Å². The average Bonchev–Trinajstić information content (AvgIpc) is 2.25. The zero-order chi connectivity index (χ0) is 11.3. The minimum Gasteiger partial charge on any atom is -0.497 e. The van der Waals surface area contributed by atoms with Gasteiger partial charge in [-0.15, -0.1) is 0 Å². The summed E-state index contributed by atoms with van der Waals surface area (Å²) in [4.78, 5) is 11.6. The van der Waals surface area contributed by atoms with E-state index in [1.54, 1.807) is 19.2 Å². The van der Waals surface area contributed by atoms with Crippen LogP contribution >= 0.6 is 0 Å². The van der Waals surface area contributed by atoms with E-state index in [-0.39, 0.29) is 5.97 Å². The van der Waals surface area contributed by atoms with Crippen LogP contribution in [0.15, 0.2) is 18.2 Å². The zero-order valence-corrected chi connectivity index (χ0v) is 9.37. The molecule has 0 heterocycles. The van der Waals surface area contributed by atoms with E-state index in [1.165, 1.54) is 0 Å². The van der Waals surface area contributed by atoms with Gasteiger partial charge >= 0.3 is 5.97 Å². The van der Waals surface area contributed by atoms with Crippen molar-refractivity contribution in [3.05, 3.63) is 29.3 Å². The predicted octanol–water partition coefficient (Wildman–Crippen LogP) is 2.57. The number of methoxy groups -OCH3 is 1. The highest BCUT2D eigenvalue weighted by Gasteiger charge is 2.10. The number of hydrogen-bond donors (Lipinski definition) is 0. The fourth-order valence-electron chi connectivity index (χ4n) is 1.26. The summed E-state index contributed by atoms with van der Waals surface area (Å²) in [6, 6.07) is 5.31. The lowest BCUT2D eigenvalue weighted by Crippen LogP contribution is -2.07. The molecule has 0 fully saturated rings. The number of benzene rings is 1. The molecule has 0 saturated carbocycles. The standard InChI is InChI=1S/C12H16O3/c1-4-7-15-12(13)11-6-5-10(14-3)8-9(11)2/h5-6,8H,4,7H2,1-3H3. The average molecular weight is 208 g/mol. The highest BCUT2D eigenvalue weighted by Crippen LogP contribution is 2.17. The fraction of sp³-hybridized carbons (Fsp3) is 0.417. The monoisotopic (exact) mass is 208 g/mol. The molecule has 15 heavy (non-hydrogen) atoms. The van der Waals surface area contributed by atoms with Crippen molar-refractivity contribution in [1.29, 1.82) is 0 Å². The van der Waals surface area contributed by atoms with Crippen molar-refractivity contribution in [2.24, 2.45) is 0 Å². The number of carbonyl (C=O) groups is 1. The van der Waals surface area contributed by atoms with Crippen molar-refractivity contribution in [1.82, 2.24) is 0 Å². The van der Waals surface area contributed by atoms with Crippen LogP contribution in [0.1, 0.15) is 29.3 Å². The Balaban J connectivity index is 2.81. The predicted molar refractivity (Wildman–Crippen MR) is 58.3 cm³/mol. The number of rotatable bonds is 4. The second-order valence-corrected chi connectivity index (χ2v) is 3.32. The minimum atomic E-state index is -0.267. The van der Waals surface area contributed by atoms with Crippen LogP contribution in [-0.2, 0) is 4.74 Å². The molecule has 0 unspecified atom stereocenters. The number of hydrogen-bond acceptors (Lipinski definition) is 3. The Hall–Kier alpha value is -1.51. The number of esters is 1. The molecule has 1 aromatic rings. The molecule has 0 amide bonds. The first-order valence-corrected chi connectivity index (χ1v) is 5.00. The van der Waals surface area contributed by atoms with E-state index in [1.807, 2.05) is 19.9 Å². The summed E-state index contributed by atoms with van der Waals surface area (Å²) in [5, 5.41) is 0. The van der Waals surface area contributed by atoms with E-state index in [4.69, 9.17) is 9.47 Å². The smallest absolute Gasteiger partial charge is 0.338 e. The van der Waals surface area contributed by atoms with Gasteiger partial charge in [-0.3, -0.25) is 0 Å². The normalized spacial score (nSPS) is 9.80. The van der Waals surface area contributed by atoms with E-state index >= 15 is 0 Å². The van der Waals surface area contributed by atoms with Crippen molar-refractivity contribution in [2.45, 2.75) is 20.3 Å². The molecule has 0 aromatic heterocycles. The Labute approximate surface area is 90.0 Å². The quantitative estimate of drug-likeness (QED) is 0.713. The van der Waals surface area contributed by atoms with Gasteiger partial charge in [-0.1, -0.05) is 6.92 Å². The Morgan fingerprint density at radius 2 is 2.13 bits per heavy atom. The molecule has 0 atom stereocenters. The van der Waals surface area contributed by atoms with Crippen molar-refractivity contribution in [3.8, 4) is 5.75 Å². The maximum absolute atomic E-state index is 11.6. The SMILES string of the molecule is CCCOC(=O)c1ccc(OC)cc1C. The topological polar surface area (TPSA) is 35.5 Å². The van der Waals surface area contributed by atoms with Crippen LogP contribution in [0.25, 0.3) is 0 Å². The van der Waals surface area contributed by atoms with Crippen molar-refractivity contribution in [3.63, 3.8) is 0 Å². The molecule has 0 aliphatic carbocycles. The summed E-state index contributed by atoms with van der Waals surface area (Å²) in [7, 11) is 1.60. The molecular weight excluding hydrogens is 192 g/mol. The Kier molecular flexibility index (Phi) is 4.16. The van der Waals surface area contributed by atoms with Gasteiger partial charge in [0.1, 0.15) is 5.75 Å². The van der Waals surface area contributed by atoms with E-state index in [0.29, 0.717) is 12.2 Å². The van der Waals surface area contributed by atoms with E-state index in [2.05, 4.69) is 0 Å². The van der Waals surface area contributed by atoms with Gasteiger partial charge in [0.2, 0.25) is 0 Å². The van der Waals surface area contributed by atoms with Gasteiger partial charge in [-0.25, -0.2) is 4.79 Å². The zero-order valence-electron chi connectivity index (χ0n) is 9.37. The largest absolute Gasteiger partial charge is 0.497 e. The molecule has 0 radical (unpaired) electrons. The highest BCUT2D eigenvalue weighted by molar-refractivity contribution is 5.91. The summed E-state index contributed by atoms with van der Waals surface area (Å²) in [6.07, 6.45) is 0.834. The van der Waals surface area contributed by atoms with Gasteiger partial charge < -0.3 is 9.47 Å². The molecule has 1 aromatic carbocycles. The van der Waals surface area contributed by atoms with Crippen molar-refractivity contribution < 1.29 is 14.3 Å². The molecule has 0 spiro atoms. The Bertz CT molecular complexity index is 345. The first-order chi connectivity index (χ1) is 7.19. The molecule has 0 N–H and O–H groups in total. The van der Waals surface area contributed by atoms with E-state index < -0.39 is 0 Å². The lowest BCUT2D eigenvalue weighted by atomic mass is 10.1. The molecule has 3 heteroatoms. The van der Waals surface area contributed by atoms with Gasteiger partial charge in [-0.05, 0) is 37.1 Å². The second-order valence-electron chi connectivity index (χ2n) is 3.32. The van der Waals surface area contributed by atoms with E-state index in [0.717, 1.165) is 17.7 Å². The minimum absolute atomic E-state index is 0.267. The molecule has 0 saturated heterocycles. The highest BCUT2D eigenvalue weighted by atomic mass is 16.5. The lowest BCUT2D eigenvalue weighted by molar-refractivity contribution is 0.0504. The summed E-state index contributed by atoms with van der Waals surface area (Å²) in [6.45, 7) is 4.30. The van der Waals surface area contributed by atoms with Crippen LogP contribution in [0.4, 0.5) is 0 Å². The summed E-state index contributed by atoms with van der Waals surface area (Å²) in [5.74, 6) is 0.483. The third-order valence-electron chi connectivity index (χ3n) is 2.09. The molecule has 0 bridgehead atoms. The Morgan fingerprint density at radius 3 is 2.67 bits per heavy atom. The third-order valence-corrected chi connectivity index (χ3v) is 2.09. The number of aryl methyl sites for hydroxylation is 1. The van der Waals surface area contributed by atoms with Gasteiger partial charge in [-0.2, -0.15) is 0 Å². The van der Waals surface area contributed by atoms with Crippen LogP contribution in [-0.4, -0.2) is 19.7 Å². The van der Waals surface area contributed by atoms with Crippen LogP contribution in [0.3, 0.4) is 0 Å². The third kappa shape index (κ3) is 2.98. The second kappa shape index (κ2) is 5.39. The van der Waals surface area contributed by atoms with Crippen molar-refractivity contribution in [2.75, 3.05) is 13.7 Å². The number of carbonyl (C=O) groups excluding carboxylic acids is 1. The van der Waals surface area contributed by atoms with Crippen LogP contribution in [0.2, 0.25) is 0 Å². The molecule has 3 nitrogen and oxygen atoms in total. The van der Waals surface area contributed by atoms with Gasteiger partial charge in [0, 0.05) is 0 Å². The lowest BCUT2D eigenvalue weighted by Gasteiger charge is -2.07. The number of ether oxygens (including phenoxy) is 2. The molecule has 1 rings (SSSR count). The maximum atomic E-state index is 11.6. The first kappa shape index (κ1) is 11.6. The maximum Gasteiger partial charge on any atom is 0.338 e. The summed E-state index contributed by atoms with van der Waals surface area (Å²) >= 11 is 0. The fourth-order valence-corrected chi connectivity index (χ4v) is 1.26.